The largest absolute Gasteiger partial charge is 0.586 e. The highest BCUT2D eigenvalue weighted by atomic mass is 32.2. The Bertz CT molecular complexity index is 926. The molecule has 2 aromatic carbocycles. The van der Waals surface area contributed by atoms with Gasteiger partial charge in [0.2, 0.25) is 5.91 Å². The van der Waals surface area contributed by atoms with Gasteiger partial charge in [-0.3, -0.25) is 4.79 Å². The Kier molecular flexibility index (Phi) is 4.11. The minimum absolute atomic E-state index is 0.0265. The van der Waals surface area contributed by atoms with Gasteiger partial charge in [-0.1, -0.05) is 17.7 Å². The molecule has 9 heteroatoms. The van der Waals surface area contributed by atoms with E-state index in [4.69, 9.17) is 0 Å². The molecule has 1 amide bonds. The van der Waals surface area contributed by atoms with Crippen LogP contribution in [-0.2, 0) is 14.6 Å². The number of benzene rings is 2. The van der Waals surface area contributed by atoms with Crippen molar-refractivity contribution >= 4 is 21.4 Å². The molecule has 0 bridgehead atoms. The predicted octanol–water partition coefficient (Wildman–Crippen LogP) is 2.73. The van der Waals surface area contributed by atoms with Gasteiger partial charge in [0.15, 0.2) is 21.3 Å². The van der Waals surface area contributed by atoms with Crippen molar-refractivity contribution in [3.8, 4) is 11.5 Å². The summed E-state index contributed by atoms with van der Waals surface area (Å²) in [5.74, 6) is -1.99. The summed E-state index contributed by atoms with van der Waals surface area (Å²) in [5.41, 5.74) is 1.00. The molecular weight excluding hydrogens is 356 g/mol. The Labute approximate surface area is 142 Å². The number of aryl methyl sites for hydroxylation is 1. The van der Waals surface area contributed by atoms with Gasteiger partial charge in [-0.2, -0.15) is 0 Å². The van der Waals surface area contributed by atoms with Crippen LogP contribution < -0.4 is 14.8 Å². The number of carbonyl (C=O) groups excluding carboxylic acids is 1. The lowest BCUT2D eigenvalue weighted by Gasteiger charge is -2.07. The summed E-state index contributed by atoms with van der Waals surface area (Å²) in [7, 11) is -3.81. The van der Waals surface area contributed by atoms with Crippen molar-refractivity contribution in [2.75, 3.05) is 11.1 Å². The van der Waals surface area contributed by atoms with Crippen molar-refractivity contribution < 1.29 is 31.5 Å². The van der Waals surface area contributed by atoms with Gasteiger partial charge in [0.25, 0.3) is 0 Å². The zero-order chi connectivity index (χ0) is 18.2. The molecule has 132 valence electrons. The third-order valence-electron chi connectivity index (χ3n) is 3.39. The molecule has 1 N–H and O–H groups in total. The first-order valence-corrected chi connectivity index (χ1v) is 8.79. The van der Waals surface area contributed by atoms with E-state index in [1.54, 1.807) is 12.1 Å². The summed E-state index contributed by atoms with van der Waals surface area (Å²) in [6.07, 6.45) is -3.76. The minimum Gasteiger partial charge on any atom is -0.395 e. The third-order valence-corrected chi connectivity index (χ3v) is 5.02. The second kappa shape index (κ2) is 5.99. The summed E-state index contributed by atoms with van der Waals surface area (Å²) in [4.78, 5) is 12.0. The quantitative estimate of drug-likeness (QED) is 0.896. The lowest BCUT2D eigenvalue weighted by molar-refractivity contribution is -0.286. The van der Waals surface area contributed by atoms with Crippen molar-refractivity contribution in [2.45, 2.75) is 18.1 Å². The SMILES string of the molecule is Cc1ccc(S(=O)(=O)CC(=O)Nc2ccc3c(c2)OC(F)(F)O3)cc1. The van der Waals surface area contributed by atoms with Crippen LogP contribution in [0.4, 0.5) is 14.5 Å². The summed E-state index contributed by atoms with van der Waals surface area (Å²) >= 11 is 0. The highest BCUT2D eigenvalue weighted by Gasteiger charge is 2.43. The zero-order valence-corrected chi connectivity index (χ0v) is 13.8. The van der Waals surface area contributed by atoms with Gasteiger partial charge < -0.3 is 14.8 Å². The Morgan fingerprint density at radius 3 is 2.40 bits per heavy atom. The summed E-state index contributed by atoms with van der Waals surface area (Å²) in [6.45, 7) is 1.81. The number of anilines is 1. The topological polar surface area (TPSA) is 81.7 Å². The van der Waals surface area contributed by atoms with Gasteiger partial charge in [0.1, 0.15) is 5.75 Å². The molecule has 2 aromatic rings. The van der Waals surface area contributed by atoms with Gasteiger partial charge in [-0.15, -0.1) is 8.78 Å². The van der Waals surface area contributed by atoms with Crippen LogP contribution in [0.25, 0.3) is 0 Å². The van der Waals surface area contributed by atoms with E-state index in [0.717, 1.165) is 11.6 Å². The Morgan fingerprint density at radius 2 is 1.72 bits per heavy atom. The molecule has 3 rings (SSSR count). The number of rotatable bonds is 4. The van der Waals surface area contributed by atoms with Crippen molar-refractivity contribution in [3.63, 3.8) is 0 Å². The zero-order valence-electron chi connectivity index (χ0n) is 13.0. The number of halogens is 2. The number of hydrogen-bond acceptors (Lipinski definition) is 5. The predicted molar refractivity (Wildman–Crippen MR) is 84.5 cm³/mol. The maximum atomic E-state index is 13.0. The molecule has 6 nitrogen and oxygen atoms in total. The number of ether oxygens (including phenoxy) is 2. The molecular formula is C16H13F2NO5S. The van der Waals surface area contributed by atoms with E-state index >= 15 is 0 Å². The van der Waals surface area contributed by atoms with E-state index in [1.165, 1.54) is 24.3 Å². The molecule has 0 saturated carbocycles. The van der Waals surface area contributed by atoms with E-state index < -0.39 is 27.8 Å². The minimum atomic E-state index is -3.81. The number of nitrogens with one attached hydrogen (secondary N) is 1. The van der Waals surface area contributed by atoms with Gasteiger partial charge in [-0.05, 0) is 31.2 Å². The fraction of sp³-hybridized carbons (Fsp3) is 0.188. The average molecular weight is 369 g/mol. The van der Waals surface area contributed by atoms with Crippen LogP contribution in [0.2, 0.25) is 0 Å². The second-order valence-electron chi connectivity index (χ2n) is 5.45. The maximum Gasteiger partial charge on any atom is 0.586 e. The summed E-state index contributed by atoms with van der Waals surface area (Å²) in [6, 6.07) is 9.72. The summed E-state index contributed by atoms with van der Waals surface area (Å²) < 4.78 is 58.9. The van der Waals surface area contributed by atoms with E-state index in [2.05, 4.69) is 14.8 Å². The van der Waals surface area contributed by atoms with Crippen molar-refractivity contribution in [3.05, 3.63) is 48.0 Å². The molecule has 0 aliphatic carbocycles. The van der Waals surface area contributed by atoms with Gasteiger partial charge in [0, 0.05) is 11.8 Å². The molecule has 25 heavy (non-hydrogen) atoms. The van der Waals surface area contributed by atoms with Crippen LogP contribution >= 0.6 is 0 Å². The van der Waals surface area contributed by atoms with Crippen molar-refractivity contribution in [1.82, 2.24) is 0 Å². The number of hydrogen-bond donors (Lipinski definition) is 1. The fourth-order valence-electron chi connectivity index (χ4n) is 2.23. The standard InChI is InChI=1S/C16H13F2NO5S/c1-10-2-5-12(6-3-10)25(21,22)9-15(20)19-11-4-7-13-14(8-11)24-16(17,18)23-13/h2-8H,9H2,1H3,(H,19,20). The first-order chi connectivity index (χ1) is 11.6. The molecule has 0 saturated heterocycles. The Morgan fingerprint density at radius 1 is 1.08 bits per heavy atom. The molecule has 1 aliphatic rings. The van der Waals surface area contributed by atoms with E-state index in [1.807, 2.05) is 6.92 Å². The van der Waals surface area contributed by atoms with E-state index in [0.29, 0.717) is 0 Å². The van der Waals surface area contributed by atoms with Crippen LogP contribution in [-0.4, -0.2) is 26.4 Å². The molecule has 0 fully saturated rings. The molecule has 0 aromatic heterocycles. The number of fused-ring (bicyclic) bond motifs is 1. The van der Waals surface area contributed by atoms with E-state index in [9.17, 15) is 22.0 Å². The fourth-order valence-corrected chi connectivity index (χ4v) is 3.36. The highest BCUT2D eigenvalue weighted by Crippen LogP contribution is 2.42. The van der Waals surface area contributed by atoms with Crippen molar-refractivity contribution in [2.24, 2.45) is 0 Å². The van der Waals surface area contributed by atoms with Crippen LogP contribution in [0.5, 0.6) is 11.5 Å². The molecule has 1 aliphatic heterocycles. The van der Waals surface area contributed by atoms with Gasteiger partial charge in [-0.25, -0.2) is 8.42 Å². The monoisotopic (exact) mass is 369 g/mol. The number of alkyl halides is 2. The van der Waals surface area contributed by atoms with Crippen LogP contribution in [0.3, 0.4) is 0 Å². The average Bonchev–Trinajstić information content (AvgIpc) is 2.80. The normalized spacial score (nSPS) is 15.0. The first kappa shape index (κ1) is 17.2. The molecule has 0 atom stereocenters. The Hall–Kier alpha value is -2.68. The lowest BCUT2D eigenvalue weighted by Crippen LogP contribution is -2.26. The molecule has 0 unspecified atom stereocenters. The second-order valence-corrected chi connectivity index (χ2v) is 7.44. The molecule has 1 heterocycles. The van der Waals surface area contributed by atoms with Crippen LogP contribution in [0, 0.1) is 6.92 Å². The smallest absolute Gasteiger partial charge is 0.395 e. The Balaban J connectivity index is 1.70. The number of sulfone groups is 1. The molecule has 0 radical (unpaired) electrons. The highest BCUT2D eigenvalue weighted by molar-refractivity contribution is 7.92. The van der Waals surface area contributed by atoms with E-state index in [-0.39, 0.29) is 22.1 Å². The number of amides is 1. The third kappa shape index (κ3) is 3.87. The van der Waals surface area contributed by atoms with Crippen molar-refractivity contribution in [1.29, 1.82) is 0 Å². The van der Waals surface area contributed by atoms with Gasteiger partial charge >= 0.3 is 6.29 Å². The van der Waals surface area contributed by atoms with Crippen LogP contribution in [0.15, 0.2) is 47.4 Å². The molecule has 0 spiro atoms. The first-order valence-electron chi connectivity index (χ1n) is 7.14. The van der Waals surface area contributed by atoms with Crippen LogP contribution in [0.1, 0.15) is 5.56 Å². The van der Waals surface area contributed by atoms with Gasteiger partial charge in [0.05, 0.1) is 4.90 Å². The summed E-state index contributed by atoms with van der Waals surface area (Å²) in [5, 5.41) is 2.34. The maximum absolute atomic E-state index is 13.0. The lowest BCUT2D eigenvalue weighted by atomic mass is 10.2. The number of carbonyl (C=O) groups is 1.